The van der Waals surface area contributed by atoms with E-state index in [0.29, 0.717) is 0 Å². The van der Waals surface area contributed by atoms with Gasteiger partial charge in [-0.1, -0.05) is 0 Å². The van der Waals surface area contributed by atoms with Crippen LogP contribution in [-0.2, 0) is 5.54 Å². The third-order valence-corrected chi connectivity index (χ3v) is 3.44. The molecule has 2 nitrogen and oxygen atoms in total. The molecule has 1 aromatic carbocycles. The highest BCUT2D eigenvalue weighted by Gasteiger charge is 2.41. The Hall–Kier alpha value is -0.540. The van der Waals surface area contributed by atoms with Crippen LogP contribution in [0.15, 0.2) is 16.6 Å². The van der Waals surface area contributed by atoms with E-state index in [1.807, 2.05) is 6.07 Å². The van der Waals surface area contributed by atoms with Crippen molar-refractivity contribution in [3.05, 3.63) is 27.7 Å². The van der Waals surface area contributed by atoms with Gasteiger partial charge >= 0.3 is 0 Å². The van der Waals surface area contributed by atoms with Crippen LogP contribution in [0.1, 0.15) is 24.0 Å². The smallest absolute Gasteiger partial charge is 0.133 e. The topological polar surface area (TPSA) is 35.2 Å². The van der Waals surface area contributed by atoms with Gasteiger partial charge in [0.15, 0.2) is 0 Å². The number of benzene rings is 1. The zero-order chi connectivity index (χ0) is 10.3. The van der Waals surface area contributed by atoms with Crippen molar-refractivity contribution in [1.29, 1.82) is 0 Å². The quantitative estimate of drug-likeness (QED) is 0.882. The first-order valence-corrected chi connectivity index (χ1v) is 5.49. The van der Waals surface area contributed by atoms with Crippen molar-refractivity contribution in [2.45, 2.75) is 25.3 Å². The summed E-state index contributed by atoms with van der Waals surface area (Å²) in [6, 6.07) is 4.12. The lowest BCUT2D eigenvalue weighted by molar-refractivity contribution is 0.411. The van der Waals surface area contributed by atoms with Crippen LogP contribution in [0.3, 0.4) is 0 Å². The molecule has 1 saturated carbocycles. The van der Waals surface area contributed by atoms with Crippen LogP contribution in [0, 0.1) is 6.92 Å². The van der Waals surface area contributed by atoms with Gasteiger partial charge in [-0.3, -0.25) is 0 Å². The molecule has 0 bridgehead atoms. The Bertz CT molecular complexity index is 372. The monoisotopic (exact) mass is 255 g/mol. The summed E-state index contributed by atoms with van der Waals surface area (Å²) in [7, 11) is 1.68. The fraction of sp³-hybridized carbons (Fsp3) is 0.455. The molecule has 0 aliphatic heterocycles. The highest BCUT2D eigenvalue weighted by molar-refractivity contribution is 9.10. The van der Waals surface area contributed by atoms with E-state index in [-0.39, 0.29) is 5.54 Å². The highest BCUT2D eigenvalue weighted by Crippen LogP contribution is 2.46. The van der Waals surface area contributed by atoms with Gasteiger partial charge in [-0.05, 0) is 59.0 Å². The number of hydrogen-bond acceptors (Lipinski definition) is 2. The number of rotatable bonds is 2. The molecule has 0 amide bonds. The third kappa shape index (κ3) is 1.55. The number of methoxy groups -OCH3 is 1. The normalized spacial score (nSPS) is 18.0. The molecule has 2 rings (SSSR count). The minimum atomic E-state index is -0.0706. The molecular weight excluding hydrogens is 242 g/mol. The summed E-state index contributed by atoms with van der Waals surface area (Å²) in [4.78, 5) is 0. The molecule has 0 radical (unpaired) electrons. The Balaban J connectivity index is 2.48. The molecule has 76 valence electrons. The predicted octanol–water partition coefficient (Wildman–Crippen LogP) is 2.71. The van der Waals surface area contributed by atoms with Crippen LogP contribution in [0.2, 0.25) is 0 Å². The summed E-state index contributed by atoms with van der Waals surface area (Å²) in [5, 5.41) is 0. The van der Waals surface area contributed by atoms with E-state index < -0.39 is 0 Å². The van der Waals surface area contributed by atoms with Crippen molar-refractivity contribution >= 4 is 15.9 Å². The average Bonchev–Trinajstić information content (AvgIpc) is 2.88. The van der Waals surface area contributed by atoms with Gasteiger partial charge in [-0.2, -0.15) is 0 Å². The number of ether oxygens (including phenoxy) is 1. The van der Waals surface area contributed by atoms with E-state index in [2.05, 4.69) is 28.9 Å². The fourth-order valence-corrected chi connectivity index (χ4v) is 2.26. The van der Waals surface area contributed by atoms with Crippen LogP contribution in [0.4, 0.5) is 0 Å². The van der Waals surface area contributed by atoms with Crippen LogP contribution in [0.25, 0.3) is 0 Å². The maximum atomic E-state index is 6.17. The molecule has 1 aliphatic rings. The van der Waals surface area contributed by atoms with Gasteiger partial charge in [-0.25, -0.2) is 0 Å². The second-order valence-corrected chi connectivity index (χ2v) is 4.81. The van der Waals surface area contributed by atoms with Crippen molar-refractivity contribution in [1.82, 2.24) is 0 Å². The predicted molar refractivity (Wildman–Crippen MR) is 60.5 cm³/mol. The van der Waals surface area contributed by atoms with E-state index >= 15 is 0 Å². The first kappa shape index (κ1) is 9.99. The standard InChI is InChI=1S/C11H14BrNO/c1-7-5-10(14-2)9(12)6-8(7)11(13)3-4-11/h5-6H,3-4,13H2,1-2H3. The van der Waals surface area contributed by atoms with Gasteiger partial charge in [0.05, 0.1) is 11.6 Å². The van der Waals surface area contributed by atoms with Crippen molar-refractivity contribution in [2.24, 2.45) is 5.73 Å². The molecule has 3 heteroatoms. The summed E-state index contributed by atoms with van der Waals surface area (Å²) in [5.41, 5.74) is 8.55. The maximum Gasteiger partial charge on any atom is 0.133 e. The van der Waals surface area contributed by atoms with Gasteiger partial charge in [0.25, 0.3) is 0 Å². The molecule has 0 atom stereocenters. The number of nitrogens with two attached hydrogens (primary N) is 1. The minimum absolute atomic E-state index is 0.0706. The van der Waals surface area contributed by atoms with Gasteiger partial charge < -0.3 is 10.5 Å². The van der Waals surface area contributed by atoms with E-state index in [1.54, 1.807) is 7.11 Å². The Kier molecular flexibility index (Phi) is 2.32. The first-order valence-electron chi connectivity index (χ1n) is 4.70. The van der Waals surface area contributed by atoms with E-state index in [9.17, 15) is 0 Å². The van der Waals surface area contributed by atoms with Crippen molar-refractivity contribution in [3.8, 4) is 5.75 Å². The summed E-state index contributed by atoms with van der Waals surface area (Å²) >= 11 is 3.48. The molecule has 0 spiro atoms. The van der Waals surface area contributed by atoms with Gasteiger partial charge in [-0.15, -0.1) is 0 Å². The molecule has 2 N–H and O–H groups in total. The largest absolute Gasteiger partial charge is 0.496 e. The molecular formula is C11H14BrNO. The molecule has 0 saturated heterocycles. The minimum Gasteiger partial charge on any atom is -0.496 e. The van der Waals surface area contributed by atoms with E-state index in [4.69, 9.17) is 10.5 Å². The Morgan fingerprint density at radius 2 is 2.07 bits per heavy atom. The zero-order valence-electron chi connectivity index (χ0n) is 8.43. The molecule has 0 unspecified atom stereocenters. The lowest BCUT2D eigenvalue weighted by Gasteiger charge is -2.15. The second-order valence-electron chi connectivity index (χ2n) is 3.96. The summed E-state index contributed by atoms with van der Waals surface area (Å²) in [5.74, 6) is 0.871. The average molecular weight is 256 g/mol. The van der Waals surface area contributed by atoms with Gasteiger partial charge in [0.2, 0.25) is 0 Å². The summed E-state index contributed by atoms with van der Waals surface area (Å²) in [6.07, 6.45) is 2.18. The molecule has 0 aromatic heterocycles. The second kappa shape index (κ2) is 3.24. The zero-order valence-corrected chi connectivity index (χ0v) is 10.0. The lowest BCUT2D eigenvalue weighted by atomic mass is 10.00. The highest BCUT2D eigenvalue weighted by atomic mass is 79.9. The summed E-state index contributed by atoms with van der Waals surface area (Å²) in [6.45, 7) is 2.08. The van der Waals surface area contributed by atoms with Crippen molar-refractivity contribution in [2.75, 3.05) is 7.11 Å². The number of aryl methyl sites for hydroxylation is 1. The van der Waals surface area contributed by atoms with E-state index in [1.165, 1.54) is 11.1 Å². The molecule has 0 heterocycles. The Labute approximate surface area is 92.6 Å². The van der Waals surface area contributed by atoms with Crippen molar-refractivity contribution in [3.63, 3.8) is 0 Å². The van der Waals surface area contributed by atoms with Crippen molar-refractivity contribution < 1.29 is 4.74 Å². The number of hydrogen-bond donors (Lipinski definition) is 1. The maximum absolute atomic E-state index is 6.17. The molecule has 1 aromatic rings. The van der Waals surface area contributed by atoms with Gasteiger partial charge in [0.1, 0.15) is 5.75 Å². The molecule has 1 fully saturated rings. The van der Waals surface area contributed by atoms with Crippen LogP contribution < -0.4 is 10.5 Å². The first-order chi connectivity index (χ1) is 6.57. The fourth-order valence-electron chi connectivity index (χ4n) is 1.75. The SMILES string of the molecule is COc1cc(C)c(C2(N)CC2)cc1Br. The Morgan fingerprint density at radius 1 is 1.43 bits per heavy atom. The number of halogens is 1. The molecule has 1 aliphatic carbocycles. The lowest BCUT2D eigenvalue weighted by Crippen LogP contribution is -2.20. The van der Waals surface area contributed by atoms with Crippen LogP contribution >= 0.6 is 15.9 Å². The van der Waals surface area contributed by atoms with Crippen LogP contribution in [0.5, 0.6) is 5.75 Å². The van der Waals surface area contributed by atoms with Gasteiger partial charge in [0, 0.05) is 5.54 Å². The summed E-state index contributed by atoms with van der Waals surface area (Å²) < 4.78 is 6.21. The van der Waals surface area contributed by atoms with E-state index in [0.717, 1.165) is 23.1 Å². The van der Waals surface area contributed by atoms with Crippen LogP contribution in [-0.4, -0.2) is 7.11 Å². The third-order valence-electron chi connectivity index (χ3n) is 2.82. The molecule has 14 heavy (non-hydrogen) atoms. The Morgan fingerprint density at radius 3 is 2.57 bits per heavy atom.